The van der Waals surface area contributed by atoms with Gasteiger partial charge in [0.25, 0.3) is 0 Å². The molecule has 0 spiro atoms. The molecule has 0 radical (unpaired) electrons. The van der Waals surface area contributed by atoms with Crippen LogP contribution in [0.2, 0.25) is 0 Å². The standard InChI is InChI=1S/C16H22BrNO3S/c1-10(2)11(3)18-16(19)9-22-8-12-6-14-15(7-13(12)17)21-5-4-20-14/h6-7,10-11H,4-5,8-9H2,1-3H3,(H,18,19)/t11-/m0/s1. The molecule has 4 nitrogen and oxygen atoms in total. The fraction of sp³-hybridized carbons (Fsp3) is 0.562. The number of fused-ring (bicyclic) bond motifs is 1. The van der Waals surface area contributed by atoms with Gasteiger partial charge in [-0.2, -0.15) is 0 Å². The normalized spacial score (nSPS) is 14.8. The smallest absolute Gasteiger partial charge is 0.230 e. The summed E-state index contributed by atoms with van der Waals surface area (Å²) in [6, 6.07) is 4.13. The van der Waals surface area contributed by atoms with Crippen LogP contribution >= 0.6 is 27.7 Å². The minimum Gasteiger partial charge on any atom is -0.486 e. The van der Waals surface area contributed by atoms with E-state index in [2.05, 4.69) is 35.1 Å². The lowest BCUT2D eigenvalue weighted by molar-refractivity contribution is -0.119. The monoisotopic (exact) mass is 387 g/mol. The Kier molecular flexibility index (Phi) is 6.44. The van der Waals surface area contributed by atoms with Gasteiger partial charge >= 0.3 is 0 Å². The fourth-order valence-electron chi connectivity index (χ4n) is 1.93. The maximum atomic E-state index is 11.9. The Hall–Kier alpha value is -0.880. The second kappa shape index (κ2) is 8.11. The summed E-state index contributed by atoms with van der Waals surface area (Å²) in [6.07, 6.45) is 0. The molecule has 1 amide bonds. The first-order valence-electron chi connectivity index (χ1n) is 7.42. The van der Waals surface area contributed by atoms with E-state index in [0.717, 1.165) is 27.3 Å². The van der Waals surface area contributed by atoms with Gasteiger partial charge in [0.2, 0.25) is 5.91 Å². The molecule has 1 aromatic rings. The second-order valence-electron chi connectivity index (χ2n) is 5.68. The SMILES string of the molecule is CC(C)[C@H](C)NC(=O)CSCc1cc2c(cc1Br)OCCO2. The maximum Gasteiger partial charge on any atom is 0.230 e. The number of ether oxygens (including phenoxy) is 2. The van der Waals surface area contributed by atoms with Crippen molar-refractivity contribution in [2.24, 2.45) is 5.92 Å². The van der Waals surface area contributed by atoms with Crippen molar-refractivity contribution in [3.63, 3.8) is 0 Å². The summed E-state index contributed by atoms with van der Waals surface area (Å²) in [4.78, 5) is 11.9. The number of thioether (sulfide) groups is 1. The highest BCUT2D eigenvalue weighted by atomic mass is 79.9. The zero-order chi connectivity index (χ0) is 16.1. The van der Waals surface area contributed by atoms with Gasteiger partial charge in [0.1, 0.15) is 13.2 Å². The number of hydrogen-bond donors (Lipinski definition) is 1. The van der Waals surface area contributed by atoms with Crippen LogP contribution in [-0.4, -0.2) is 30.9 Å². The summed E-state index contributed by atoms with van der Waals surface area (Å²) >= 11 is 5.15. The number of benzene rings is 1. The average Bonchev–Trinajstić information content (AvgIpc) is 2.47. The van der Waals surface area contributed by atoms with E-state index in [1.54, 1.807) is 11.8 Å². The molecule has 0 bridgehead atoms. The van der Waals surface area contributed by atoms with E-state index in [1.165, 1.54) is 0 Å². The van der Waals surface area contributed by atoms with E-state index in [-0.39, 0.29) is 11.9 Å². The van der Waals surface area contributed by atoms with Crippen molar-refractivity contribution in [2.75, 3.05) is 19.0 Å². The third-order valence-corrected chi connectivity index (χ3v) is 5.31. The fourth-order valence-corrected chi connectivity index (χ4v) is 3.41. The van der Waals surface area contributed by atoms with Crippen LogP contribution in [0.25, 0.3) is 0 Å². The summed E-state index contributed by atoms with van der Waals surface area (Å²) in [5.74, 6) is 3.29. The van der Waals surface area contributed by atoms with Crippen LogP contribution in [0.1, 0.15) is 26.3 Å². The van der Waals surface area contributed by atoms with Crippen LogP contribution in [0.15, 0.2) is 16.6 Å². The zero-order valence-corrected chi connectivity index (χ0v) is 15.6. The minimum atomic E-state index is 0.0832. The predicted molar refractivity (Wildman–Crippen MR) is 93.7 cm³/mol. The van der Waals surface area contributed by atoms with Gasteiger partial charge in [0.15, 0.2) is 11.5 Å². The lowest BCUT2D eigenvalue weighted by Crippen LogP contribution is -2.37. The number of nitrogens with one attached hydrogen (secondary N) is 1. The molecule has 1 aromatic carbocycles. The first kappa shape index (κ1) is 17.5. The molecule has 1 heterocycles. The second-order valence-corrected chi connectivity index (χ2v) is 7.52. The van der Waals surface area contributed by atoms with Crippen LogP contribution < -0.4 is 14.8 Å². The molecule has 0 saturated carbocycles. The predicted octanol–water partition coefficient (Wildman–Crippen LogP) is 3.61. The summed E-state index contributed by atoms with van der Waals surface area (Å²) in [5, 5.41) is 3.01. The van der Waals surface area contributed by atoms with Crippen molar-refractivity contribution in [3.05, 3.63) is 22.2 Å². The van der Waals surface area contributed by atoms with Gasteiger partial charge in [-0.15, -0.1) is 11.8 Å². The van der Waals surface area contributed by atoms with E-state index < -0.39 is 0 Å². The highest BCUT2D eigenvalue weighted by Crippen LogP contribution is 2.36. The van der Waals surface area contributed by atoms with Crippen molar-refractivity contribution in [1.29, 1.82) is 0 Å². The maximum absolute atomic E-state index is 11.9. The Balaban J connectivity index is 1.85. The average molecular weight is 388 g/mol. The molecule has 0 aromatic heterocycles. The molecule has 2 rings (SSSR count). The van der Waals surface area contributed by atoms with Gasteiger partial charge in [-0.25, -0.2) is 0 Å². The van der Waals surface area contributed by atoms with Gasteiger partial charge in [-0.05, 0) is 30.5 Å². The van der Waals surface area contributed by atoms with E-state index in [9.17, 15) is 4.79 Å². The third kappa shape index (κ3) is 4.81. The molecule has 122 valence electrons. The molecule has 0 aliphatic carbocycles. The van der Waals surface area contributed by atoms with Crippen LogP contribution in [0.3, 0.4) is 0 Å². The molecular formula is C16H22BrNO3S. The number of hydrogen-bond acceptors (Lipinski definition) is 4. The Morgan fingerprint density at radius 2 is 1.91 bits per heavy atom. The number of carbonyl (C=O) groups excluding carboxylic acids is 1. The van der Waals surface area contributed by atoms with Crippen LogP contribution in [0, 0.1) is 5.92 Å². The Morgan fingerprint density at radius 1 is 1.27 bits per heavy atom. The summed E-state index contributed by atoms with van der Waals surface area (Å²) in [5.41, 5.74) is 1.11. The van der Waals surface area contributed by atoms with E-state index in [4.69, 9.17) is 9.47 Å². The molecule has 1 atom stereocenters. The molecule has 0 saturated heterocycles. The lowest BCUT2D eigenvalue weighted by atomic mass is 10.1. The van der Waals surface area contributed by atoms with Crippen molar-refractivity contribution < 1.29 is 14.3 Å². The molecule has 0 unspecified atom stereocenters. The first-order chi connectivity index (χ1) is 10.5. The number of carbonyl (C=O) groups is 1. The topological polar surface area (TPSA) is 47.6 Å². The van der Waals surface area contributed by atoms with Crippen molar-refractivity contribution in [3.8, 4) is 11.5 Å². The Bertz CT molecular complexity index is 536. The van der Waals surface area contributed by atoms with Gasteiger partial charge in [-0.1, -0.05) is 29.8 Å². The highest BCUT2D eigenvalue weighted by molar-refractivity contribution is 9.10. The minimum absolute atomic E-state index is 0.0832. The van der Waals surface area contributed by atoms with E-state index in [0.29, 0.717) is 24.9 Å². The molecular weight excluding hydrogens is 366 g/mol. The highest BCUT2D eigenvalue weighted by Gasteiger charge is 2.15. The summed E-state index contributed by atoms with van der Waals surface area (Å²) < 4.78 is 12.1. The molecule has 6 heteroatoms. The van der Waals surface area contributed by atoms with Crippen molar-refractivity contribution in [2.45, 2.75) is 32.6 Å². The lowest BCUT2D eigenvalue weighted by Gasteiger charge is -2.20. The third-order valence-electron chi connectivity index (χ3n) is 3.59. The number of halogens is 1. The largest absolute Gasteiger partial charge is 0.486 e. The number of rotatable bonds is 6. The summed E-state index contributed by atoms with van der Waals surface area (Å²) in [6.45, 7) is 7.40. The van der Waals surface area contributed by atoms with Crippen molar-refractivity contribution >= 4 is 33.6 Å². The molecule has 22 heavy (non-hydrogen) atoms. The molecule has 1 N–H and O–H groups in total. The van der Waals surface area contributed by atoms with E-state index >= 15 is 0 Å². The Labute approximate surface area is 144 Å². The Morgan fingerprint density at radius 3 is 2.55 bits per heavy atom. The molecule has 0 fully saturated rings. The first-order valence-corrected chi connectivity index (χ1v) is 9.37. The van der Waals surface area contributed by atoms with Crippen LogP contribution in [-0.2, 0) is 10.5 Å². The van der Waals surface area contributed by atoms with Gasteiger partial charge in [0.05, 0.1) is 5.75 Å². The molecule has 1 aliphatic rings. The van der Waals surface area contributed by atoms with Crippen LogP contribution in [0.5, 0.6) is 11.5 Å². The summed E-state index contributed by atoms with van der Waals surface area (Å²) in [7, 11) is 0. The number of amides is 1. The zero-order valence-electron chi connectivity index (χ0n) is 13.1. The van der Waals surface area contributed by atoms with Gasteiger partial charge < -0.3 is 14.8 Å². The van der Waals surface area contributed by atoms with Gasteiger partial charge in [0, 0.05) is 16.3 Å². The van der Waals surface area contributed by atoms with Crippen LogP contribution in [0.4, 0.5) is 0 Å². The van der Waals surface area contributed by atoms with Crippen molar-refractivity contribution in [1.82, 2.24) is 5.32 Å². The quantitative estimate of drug-likeness (QED) is 0.809. The van der Waals surface area contributed by atoms with Gasteiger partial charge in [-0.3, -0.25) is 4.79 Å². The molecule has 1 aliphatic heterocycles. The van der Waals surface area contributed by atoms with E-state index in [1.807, 2.05) is 19.1 Å².